The number of methoxy groups -OCH3 is 2. The molecule has 0 N–H and O–H groups in total. The van der Waals surface area contributed by atoms with Crippen LogP contribution in [0.2, 0.25) is 0 Å². The van der Waals surface area contributed by atoms with Gasteiger partial charge in [0, 0.05) is 0 Å². The summed E-state index contributed by atoms with van der Waals surface area (Å²) in [6.07, 6.45) is 0. The molecule has 1 aromatic carbocycles. The van der Waals surface area contributed by atoms with E-state index in [4.69, 9.17) is 4.74 Å². The van der Waals surface area contributed by atoms with E-state index in [1.807, 2.05) is 0 Å². The van der Waals surface area contributed by atoms with E-state index in [1.165, 1.54) is 32.4 Å². The highest BCUT2D eigenvalue weighted by Crippen LogP contribution is 2.21. The Morgan fingerprint density at radius 3 is 2.62 bits per heavy atom. The zero-order chi connectivity index (χ0) is 9.84. The van der Waals surface area contributed by atoms with Crippen molar-refractivity contribution in [1.82, 2.24) is 0 Å². The Labute approximate surface area is 75.1 Å². The molecule has 4 heteroatoms. The summed E-state index contributed by atoms with van der Waals surface area (Å²) < 4.78 is 22.3. The Balaban J connectivity index is 3.22. The first-order valence-electron chi connectivity index (χ1n) is 3.61. The van der Waals surface area contributed by atoms with E-state index in [0.29, 0.717) is 0 Å². The van der Waals surface area contributed by atoms with E-state index < -0.39 is 11.8 Å². The molecule has 13 heavy (non-hydrogen) atoms. The van der Waals surface area contributed by atoms with Crippen molar-refractivity contribution in [2.45, 2.75) is 0 Å². The molecule has 0 amide bonds. The third kappa shape index (κ3) is 1.77. The van der Waals surface area contributed by atoms with Crippen LogP contribution in [0.25, 0.3) is 0 Å². The predicted octanol–water partition coefficient (Wildman–Crippen LogP) is 1.62. The van der Waals surface area contributed by atoms with Gasteiger partial charge in [-0.25, -0.2) is 9.18 Å². The molecule has 0 bridgehead atoms. The molecule has 0 heterocycles. The minimum atomic E-state index is -0.741. The van der Waals surface area contributed by atoms with E-state index in [0.717, 1.165) is 0 Å². The van der Waals surface area contributed by atoms with Crippen LogP contribution < -0.4 is 4.74 Å². The molecular formula is C9H9FO3. The Morgan fingerprint density at radius 1 is 1.38 bits per heavy atom. The van der Waals surface area contributed by atoms with Crippen LogP contribution in [-0.2, 0) is 4.74 Å². The summed E-state index contributed by atoms with van der Waals surface area (Å²) >= 11 is 0. The van der Waals surface area contributed by atoms with E-state index in [9.17, 15) is 9.18 Å². The van der Waals surface area contributed by atoms with E-state index in [2.05, 4.69) is 4.74 Å². The van der Waals surface area contributed by atoms with Gasteiger partial charge < -0.3 is 9.47 Å². The van der Waals surface area contributed by atoms with Gasteiger partial charge >= 0.3 is 5.97 Å². The number of rotatable bonds is 2. The molecule has 1 rings (SSSR count). The van der Waals surface area contributed by atoms with Crippen molar-refractivity contribution in [1.29, 1.82) is 0 Å². The van der Waals surface area contributed by atoms with E-state index >= 15 is 0 Å². The average molecular weight is 184 g/mol. The summed E-state index contributed by atoms with van der Waals surface area (Å²) in [5, 5.41) is 0. The number of ether oxygens (including phenoxy) is 2. The second kappa shape index (κ2) is 3.89. The number of hydrogen-bond acceptors (Lipinski definition) is 3. The van der Waals surface area contributed by atoms with Crippen LogP contribution in [0.1, 0.15) is 10.4 Å². The molecule has 0 fully saturated rings. The number of carbonyl (C=O) groups excluding carboxylic acids is 1. The SMILES string of the molecule is COC(=O)c1c(F)cccc1OC. The van der Waals surface area contributed by atoms with Gasteiger partial charge in [0.2, 0.25) is 0 Å². The first-order valence-corrected chi connectivity index (χ1v) is 3.61. The van der Waals surface area contributed by atoms with Gasteiger partial charge in [0.15, 0.2) is 0 Å². The number of halogens is 1. The molecule has 0 aliphatic carbocycles. The lowest BCUT2D eigenvalue weighted by Gasteiger charge is -2.06. The molecule has 0 aromatic heterocycles. The van der Waals surface area contributed by atoms with Crippen molar-refractivity contribution in [3.63, 3.8) is 0 Å². The lowest BCUT2D eigenvalue weighted by molar-refractivity contribution is 0.0591. The molecule has 0 aliphatic heterocycles. The van der Waals surface area contributed by atoms with Gasteiger partial charge in [0.1, 0.15) is 17.1 Å². The zero-order valence-electron chi connectivity index (χ0n) is 7.33. The molecular weight excluding hydrogens is 175 g/mol. The van der Waals surface area contributed by atoms with Crippen LogP contribution in [0.15, 0.2) is 18.2 Å². The summed E-state index contributed by atoms with van der Waals surface area (Å²) in [7, 11) is 2.55. The highest BCUT2D eigenvalue weighted by molar-refractivity contribution is 5.92. The first kappa shape index (κ1) is 9.51. The van der Waals surface area contributed by atoms with Crippen LogP contribution in [0, 0.1) is 5.82 Å². The normalized spacial score (nSPS) is 9.46. The third-order valence-electron chi connectivity index (χ3n) is 1.58. The Morgan fingerprint density at radius 2 is 2.08 bits per heavy atom. The van der Waals surface area contributed by atoms with Crippen LogP contribution in [0.4, 0.5) is 4.39 Å². The molecule has 0 atom stereocenters. The fourth-order valence-electron chi connectivity index (χ4n) is 0.975. The highest BCUT2D eigenvalue weighted by Gasteiger charge is 2.17. The monoisotopic (exact) mass is 184 g/mol. The predicted molar refractivity (Wildman–Crippen MR) is 44.3 cm³/mol. The standard InChI is InChI=1S/C9H9FO3/c1-12-7-5-3-4-6(10)8(7)9(11)13-2/h3-5H,1-2H3. The van der Waals surface area contributed by atoms with Gasteiger partial charge in [-0.1, -0.05) is 6.07 Å². The number of benzene rings is 1. The van der Waals surface area contributed by atoms with Crippen molar-refractivity contribution < 1.29 is 18.7 Å². The summed E-state index contributed by atoms with van der Waals surface area (Å²) in [5.74, 6) is -1.21. The molecule has 1 aromatic rings. The molecule has 0 unspecified atom stereocenters. The molecule has 0 aliphatic rings. The second-order valence-electron chi connectivity index (χ2n) is 2.31. The van der Waals surface area contributed by atoms with Crippen LogP contribution in [0.5, 0.6) is 5.75 Å². The quantitative estimate of drug-likeness (QED) is 0.655. The van der Waals surface area contributed by atoms with Crippen molar-refractivity contribution in [3.05, 3.63) is 29.6 Å². The summed E-state index contributed by atoms with van der Waals surface area (Å²) in [5.41, 5.74) is -0.174. The fraction of sp³-hybridized carbons (Fsp3) is 0.222. The van der Waals surface area contributed by atoms with Gasteiger partial charge in [-0.05, 0) is 12.1 Å². The van der Waals surface area contributed by atoms with Gasteiger partial charge in [-0.15, -0.1) is 0 Å². The maximum absolute atomic E-state index is 13.1. The first-order chi connectivity index (χ1) is 6.20. The molecule has 70 valence electrons. The molecule has 0 saturated heterocycles. The van der Waals surface area contributed by atoms with Gasteiger partial charge in [0.25, 0.3) is 0 Å². The maximum Gasteiger partial charge on any atom is 0.344 e. The van der Waals surface area contributed by atoms with Crippen molar-refractivity contribution in [2.24, 2.45) is 0 Å². The van der Waals surface area contributed by atoms with Crippen LogP contribution in [-0.4, -0.2) is 20.2 Å². The van der Waals surface area contributed by atoms with E-state index in [1.54, 1.807) is 0 Å². The average Bonchev–Trinajstić information content (AvgIpc) is 2.16. The van der Waals surface area contributed by atoms with Crippen LogP contribution >= 0.6 is 0 Å². The minimum absolute atomic E-state index is 0.173. The lowest BCUT2D eigenvalue weighted by Crippen LogP contribution is -2.06. The molecule has 0 saturated carbocycles. The van der Waals surface area contributed by atoms with Gasteiger partial charge in [0.05, 0.1) is 14.2 Å². The lowest BCUT2D eigenvalue weighted by atomic mass is 10.2. The third-order valence-corrected chi connectivity index (χ3v) is 1.58. The topological polar surface area (TPSA) is 35.5 Å². The summed E-state index contributed by atoms with van der Waals surface area (Å²) in [4.78, 5) is 11.1. The summed E-state index contributed by atoms with van der Waals surface area (Å²) in [6, 6.07) is 4.13. The summed E-state index contributed by atoms with van der Waals surface area (Å²) in [6.45, 7) is 0. The largest absolute Gasteiger partial charge is 0.496 e. The van der Waals surface area contributed by atoms with E-state index in [-0.39, 0.29) is 11.3 Å². The van der Waals surface area contributed by atoms with Gasteiger partial charge in [-0.2, -0.15) is 0 Å². The highest BCUT2D eigenvalue weighted by atomic mass is 19.1. The fourth-order valence-corrected chi connectivity index (χ4v) is 0.975. The zero-order valence-corrected chi connectivity index (χ0v) is 7.33. The maximum atomic E-state index is 13.1. The molecule has 0 radical (unpaired) electrons. The van der Waals surface area contributed by atoms with Crippen molar-refractivity contribution >= 4 is 5.97 Å². The second-order valence-corrected chi connectivity index (χ2v) is 2.31. The Hall–Kier alpha value is -1.58. The van der Waals surface area contributed by atoms with Crippen LogP contribution in [0.3, 0.4) is 0 Å². The smallest absolute Gasteiger partial charge is 0.344 e. The van der Waals surface area contributed by atoms with Crippen molar-refractivity contribution in [2.75, 3.05) is 14.2 Å². The minimum Gasteiger partial charge on any atom is -0.496 e. The molecule has 0 spiro atoms. The van der Waals surface area contributed by atoms with Gasteiger partial charge in [-0.3, -0.25) is 0 Å². The van der Waals surface area contributed by atoms with Crippen molar-refractivity contribution in [3.8, 4) is 5.75 Å². The Bertz CT molecular complexity index is 323. The number of esters is 1. The molecule has 3 nitrogen and oxygen atoms in total. The number of carbonyl (C=O) groups is 1. The number of hydrogen-bond donors (Lipinski definition) is 0. The Kier molecular flexibility index (Phi) is 2.84.